The molecule has 0 radical (unpaired) electrons. The third kappa shape index (κ3) is 3.91. The van der Waals surface area contributed by atoms with Gasteiger partial charge in [-0.15, -0.1) is 0 Å². The third-order valence-corrected chi connectivity index (χ3v) is 6.89. The van der Waals surface area contributed by atoms with Crippen LogP contribution < -0.4 is 0 Å². The van der Waals surface area contributed by atoms with Crippen molar-refractivity contribution in [2.45, 2.75) is 56.8 Å². The van der Waals surface area contributed by atoms with E-state index in [9.17, 15) is 10.2 Å². The van der Waals surface area contributed by atoms with Crippen LogP contribution in [0.3, 0.4) is 0 Å². The van der Waals surface area contributed by atoms with Crippen molar-refractivity contribution in [3.8, 4) is 11.5 Å². The van der Waals surface area contributed by atoms with Gasteiger partial charge in [0.05, 0.1) is 0 Å². The Hall–Kier alpha value is -2.00. The van der Waals surface area contributed by atoms with Gasteiger partial charge in [-0.1, -0.05) is 31.0 Å². The molecular formula is C25H33NO2. The predicted octanol–water partition coefficient (Wildman–Crippen LogP) is 5.21. The number of fused-ring (bicyclic) bond motifs is 3. The Bertz CT molecular complexity index is 812. The van der Waals surface area contributed by atoms with E-state index in [2.05, 4.69) is 43.3 Å². The van der Waals surface area contributed by atoms with Crippen molar-refractivity contribution in [3.63, 3.8) is 0 Å². The fraction of sp³-hybridized carbons (Fsp3) is 0.520. The highest BCUT2D eigenvalue weighted by molar-refractivity contribution is 5.47. The minimum absolute atomic E-state index is 0.341. The van der Waals surface area contributed by atoms with Crippen LogP contribution in [0.25, 0.3) is 0 Å². The number of hydrogen-bond acceptors (Lipinski definition) is 3. The number of hydrogen-bond donors (Lipinski definition) is 2. The van der Waals surface area contributed by atoms with E-state index in [1.807, 2.05) is 12.1 Å². The summed E-state index contributed by atoms with van der Waals surface area (Å²) in [6.07, 6.45) is 8.12. The number of nitrogens with zero attached hydrogens (tertiary/aromatic N) is 1. The summed E-state index contributed by atoms with van der Waals surface area (Å²) in [5.41, 5.74) is 5.27. The Morgan fingerprint density at radius 2 is 1.71 bits per heavy atom. The molecule has 2 aromatic rings. The smallest absolute Gasteiger partial charge is 0.119 e. The minimum atomic E-state index is 0.341. The molecule has 150 valence electrons. The second-order valence-electron chi connectivity index (χ2n) is 9.04. The standard InChI is InChI=1S/C25H33NO2/c1-26(2)13-5-6-18-14-19-15-23(17-9-11-20(27)12-10-17)21-7-3-4-8-22(21)24(19)16-25(18)28/h9-12,14,16,21-23,27-28H,3-8,13,15H2,1-2H3. The summed E-state index contributed by atoms with van der Waals surface area (Å²) in [4.78, 5) is 2.20. The maximum absolute atomic E-state index is 10.7. The first-order valence-corrected chi connectivity index (χ1v) is 10.8. The molecule has 0 saturated heterocycles. The predicted molar refractivity (Wildman–Crippen MR) is 114 cm³/mol. The molecule has 0 aromatic heterocycles. The van der Waals surface area contributed by atoms with E-state index in [0.717, 1.165) is 31.4 Å². The largest absolute Gasteiger partial charge is 0.508 e. The molecule has 2 aliphatic carbocycles. The van der Waals surface area contributed by atoms with E-state index in [4.69, 9.17) is 0 Å². The number of phenols is 2. The Labute approximate surface area is 169 Å². The van der Waals surface area contributed by atoms with Crippen LogP contribution in [0.4, 0.5) is 0 Å². The van der Waals surface area contributed by atoms with Crippen LogP contribution in [0.5, 0.6) is 11.5 Å². The average molecular weight is 380 g/mol. The van der Waals surface area contributed by atoms with Gasteiger partial charge in [0.25, 0.3) is 0 Å². The molecule has 3 atom stereocenters. The number of phenolic OH excluding ortho intramolecular Hbond substituents is 2. The van der Waals surface area contributed by atoms with Crippen molar-refractivity contribution < 1.29 is 10.2 Å². The van der Waals surface area contributed by atoms with Gasteiger partial charge < -0.3 is 15.1 Å². The van der Waals surface area contributed by atoms with Crippen LogP contribution in [0, 0.1) is 5.92 Å². The molecule has 0 amide bonds. The summed E-state index contributed by atoms with van der Waals surface area (Å²) in [7, 11) is 4.19. The first-order chi connectivity index (χ1) is 13.5. The second kappa shape index (κ2) is 8.16. The Morgan fingerprint density at radius 1 is 0.964 bits per heavy atom. The van der Waals surface area contributed by atoms with Gasteiger partial charge in [-0.2, -0.15) is 0 Å². The Balaban J connectivity index is 1.66. The molecule has 0 spiro atoms. The third-order valence-electron chi connectivity index (χ3n) is 6.89. The average Bonchev–Trinajstić information content (AvgIpc) is 2.68. The fourth-order valence-corrected chi connectivity index (χ4v) is 5.51. The van der Waals surface area contributed by atoms with Crippen LogP contribution in [0.15, 0.2) is 36.4 Å². The molecule has 0 aliphatic heterocycles. The summed E-state index contributed by atoms with van der Waals surface area (Å²) in [5.74, 6) is 2.54. The van der Waals surface area contributed by atoms with E-state index in [0.29, 0.717) is 29.3 Å². The van der Waals surface area contributed by atoms with Gasteiger partial charge >= 0.3 is 0 Å². The van der Waals surface area contributed by atoms with E-state index < -0.39 is 0 Å². The van der Waals surface area contributed by atoms with Crippen LogP contribution in [-0.4, -0.2) is 35.8 Å². The topological polar surface area (TPSA) is 43.7 Å². The van der Waals surface area contributed by atoms with Crippen molar-refractivity contribution in [3.05, 3.63) is 58.7 Å². The van der Waals surface area contributed by atoms with Crippen molar-refractivity contribution >= 4 is 0 Å². The van der Waals surface area contributed by atoms with Gasteiger partial charge in [-0.25, -0.2) is 0 Å². The van der Waals surface area contributed by atoms with Crippen molar-refractivity contribution in [2.75, 3.05) is 20.6 Å². The maximum Gasteiger partial charge on any atom is 0.119 e. The zero-order valence-electron chi connectivity index (χ0n) is 17.2. The molecule has 3 nitrogen and oxygen atoms in total. The molecule has 28 heavy (non-hydrogen) atoms. The molecule has 2 aromatic carbocycles. The summed E-state index contributed by atoms with van der Waals surface area (Å²) < 4.78 is 0. The monoisotopic (exact) mass is 379 g/mol. The highest BCUT2D eigenvalue weighted by Crippen LogP contribution is 2.52. The van der Waals surface area contributed by atoms with Crippen molar-refractivity contribution in [2.24, 2.45) is 5.92 Å². The molecule has 2 aliphatic rings. The van der Waals surface area contributed by atoms with Crippen molar-refractivity contribution in [1.82, 2.24) is 4.90 Å². The number of rotatable bonds is 5. The first-order valence-electron chi connectivity index (χ1n) is 10.8. The van der Waals surface area contributed by atoms with E-state index in [1.165, 1.54) is 42.4 Å². The minimum Gasteiger partial charge on any atom is -0.508 e. The second-order valence-corrected chi connectivity index (χ2v) is 9.04. The van der Waals surface area contributed by atoms with Gasteiger partial charge in [0.2, 0.25) is 0 Å². The van der Waals surface area contributed by atoms with Crippen LogP contribution in [0.2, 0.25) is 0 Å². The lowest BCUT2D eigenvalue weighted by Crippen LogP contribution is -2.31. The van der Waals surface area contributed by atoms with E-state index in [1.54, 1.807) is 0 Å². The van der Waals surface area contributed by atoms with E-state index >= 15 is 0 Å². The molecule has 4 rings (SSSR count). The lowest BCUT2D eigenvalue weighted by molar-refractivity contribution is 0.242. The SMILES string of the molecule is CN(C)CCCc1cc2c(cc1O)C1CCCCC1C(c1ccc(O)cc1)C2. The highest BCUT2D eigenvalue weighted by Gasteiger charge is 2.39. The quantitative estimate of drug-likeness (QED) is 0.750. The van der Waals surface area contributed by atoms with Gasteiger partial charge in [0, 0.05) is 0 Å². The summed E-state index contributed by atoms with van der Waals surface area (Å²) in [6.45, 7) is 1.04. The Morgan fingerprint density at radius 3 is 2.46 bits per heavy atom. The van der Waals surface area contributed by atoms with Crippen LogP contribution >= 0.6 is 0 Å². The summed E-state index contributed by atoms with van der Waals surface area (Å²) in [5, 5.41) is 20.4. The molecule has 0 bridgehead atoms. The summed E-state index contributed by atoms with van der Waals surface area (Å²) in [6, 6.07) is 12.2. The van der Waals surface area contributed by atoms with Gasteiger partial charge in [0.15, 0.2) is 0 Å². The molecule has 1 fully saturated rings. The summed E-state index contributed by atoms with van der Waals surface area (Å²) >= 11 is 0. The molecule has 3 unspecified atom stereocenters. The molecule has 2 N–H and O–H groups in total. The lowest BCUT2D eigenvalue weighted by atomic mass is 9.61. The van der Waals surface area contributed by atoms with Crippen LogP contribution in [0.1, 0.15) is 66.2 Å². The van der Waals surface area contributed by atoms with Crippen LogP contribution in [-0.2, 0) is 12.8 Å². The number of benzene rings is 2. The normalized spacial score (nSPS) is 24.0. The van der Waals surface area contributed by atoms with Crippen molar-refractivity contribution in [1.29, 1.82) is 0 Å². The molecular weight excluding hydrogens is 346 g/mol. The molecule has 3 heteroatoms. The fourth-order valence-electron chi connectivity index (χ4n) is 5.51. The number of aryl methyl sites for hydroxylation is 1. The number of aromatic hydroxyl groups is 2. The first kappa shape index (κ1) is 19.3. The van der Waals surface area contributed by atoms with E-state index in [-0.39, 0.29) is 0 Å². The zero-order valence-corrected chi connectivity index (χ0v) is 17.2. The highest BCUT2D eigenvalue weighted by atomic mass is 16.3. The van der Waals surface area contributed by atoms with Gasteiger partial charge in [-0.05, 0) is 111 Å². The molecule has 0 heterocycles. The molecule has 1 saturated carbocycles. The Kier molecular flexibility index (Phi) is 5.63. The lowest BCUT2D eigenvalue weighted by Gasteiger charge is -2.43. The van der Waals surface area contributed by atoms with Gasteiger partial charge in [-0.3, -0.25) is 0 Å². The maximum atomic E-state index is 10.7. The van der Waals surface area contributed by atoms with Gasteiger partial charge in [0.1, 0.15) is 11.5 Å². The zero-order chi connectivity index (χ0) is 19.7.